The van der Waals surface area contributed by atoms with E-state index in [2.05, 4.69) is 38.3 Å². The van der Waals surface area contributed by atoms with Gasteiger partial charge < -0.3 is 15.8 Å². The molecule has 3 rings (SSSR count). The van der Waals surface area contributed by atoms with Crippen LogP contribution in [0.1, 0.15) is 17.4 Å². The molecule has 0 saturated heterocycles. The van der Waals surface area contributed by atoms with Crippen LogP contribution in [0.3, 0.4) is 0 Å². The monoisotopic (exact) mass is 526 g/mol. The Morgan fingerprint density at radius 1 is 1.32 bits per heavy atom. The van der Waals surface area contributed by atoms with Crippen LogP contribution in [0.4, 0.5) is 18.9 Å². The van der Waals surface area contributed by atoms with Crippen molar-refractivity contribution in [1.29, 1.82) is 0 Å². The number of anilines is 1. The Morgan fingerprint density at radius 2 is 2.04 bits per heavy atom. The van der Waals surface area contributed by atoms with Crippen molar-refractivity contribution >= 4 is 47.0 Å². The minimum absolute atomic E-state index is 0. The van der Waals surface area contributed by atoms with Gasteiger partial charge in [-0.15, -0.1) is 48.5 Å². The first-order chi connectivity index (χ1) is 12.8. The first kappa shape index (κ1) is 22.8. The largest absolute Gasteiger partial charge is 0.573 e. The Hall–Kier alpha value is -1.53. The van der Waals surface area contributed by atoms with E-state index in [1.54, 1.807) is 11.3 Å². The molecule has 0 spiro atoms. The molecule has 1 unspecified atom stereocenters. The topological polar surface area (TPSA) is 62.9 Å². The second-order valence-electron chi connectivity index (χ2n) is 6.36. The molecule has 1 aliphatic rings. The normalized spacial score (nSPS) is 16.1. The van der Waals surface area contributed by atoms with Gasteiger partial charge in [-0.05, 0) is 54.6 Å². The van der Waals surface area contributed by atoms with Crippen molar-refractivity contribution in [2.45, 2.75) is 32.3 Å². The van der Waals surface area contributed by atoms with Crippen LogP contribution in [0.15, 0.2) is 40.7 Å². The highest BCUT2D eigenvalue weighted by molar-refractivity contribution is 14.0. The van der Waals surface area contributed by atoms with Crippen molar-refractivity contribution in [3.63, 3.8) is 0 Å². The molecule has 10 heteroatoms. The van der Waals surface area contributed by atoms with E-state index in [1.807, 2.05) is 0 Å². The number of alkyl halides is 3. The molecular weight excluding hydrogens is 504 g/mol. The molecule has 0 aliphatic carbocycles. The molecule has 0 saturated carbocycles. The number of nitrogens with one attached hydrogen (secondary N) is 1. The lowest BCUT2D eigenvalue weighted by molar-refractivity contribution is -0.274. The van der Waals surface area contributed by atoms with Crippen molar-refractivity contribution in [3.05, 3.63) is 46.2 Å². The fourth-order valence-corrected chi connectivity index (χ4v) is 3.81. The molecule has 28 heavy (non-hydrogen) atoms. The summed E-state index contributed by atoms with van der Waals surface area (Å²) in [6.45, 7) is 4.56. The average Bonchev–Trinajstić information content (AvgIpc) is 3.08. The van der Waals surface area contributed by atoms with Gasteiger partial charge >= 0.3 is 6.36 Å². The zero-order valence-corrected chi connectivity index (χ0v) is 18.3. The molecule has 1 aliphatic heterocycles. The lowest BCUT2D eigenvalue weighted by Crippen LogP contribution is -2.39. The Balaban J connectivity index is 0.00000280. The number of hydrogen-bond donors (Lipinski definition) is 2. The van der Waals surface area contributed by atoms with E-state index in [1.165, 1.54) is 34.7 Å². The van der Waals surface area contributed by atoms with Crippen LogP contribution in [0.25, 0.3) is 0 Å². The van der Waals surface area contributed by atoms with Crippen LogP contribution in [0.2, 0.25) is 0 Å². The smallest absolute Gasteiger partial charge is 0.406 e. The van der Waals surface area contributed by atoms with Crippen molar-refractivity contribution in [3.8, 4) is 5.75 Å². The third-order valence-corrected chi connectivity index (χ3v) is 5.37. The Morgan fingerprint density at radius 3 is 2.71 bits per heavy atom. The second kappa shape index (κ2) is 9.79. The van der Waals surface area contributed by atoms with Gasteiger partial charge in [-0.1, -0.05) is 0 Å². The summed E-state index contributed by atoms with van der Waals surface area (Å²) in [5.74, 6) is -0.0605. The fraction of sp³-hybridized carbons (Fsp3) is 0.389. The van der Waals surface area contributed by atoms with Crippen LogP contribution < -0.4 is 15.8 Å². The predicted molar refractivity (Wildman–Crippen MR) is 117 cm³/mol. The molecular formula is C18H22F3IN4OS. The fourth-order valence-electron chi connectivity index (χ4n) is 2.92. The summed E-state index contributed by atoms with van der Waals surface area (Å²) in [7, 11) is 0. The van der Waals surface area contributed by atoms with Crippen LogP contribution >= 0.6 is 35.3 Å². The van der Waals surface area contributed by atoms with Gasteiger partial charge in [0.05, 0.1) is 6.54 Å². The van der Waals surface area contributed by atoms with Crippen molar-refractivity contribution in [1.82, 2.24) is 4.90 Å². The number of halogens is 4. The summed E-state index contributed by atoms with van der Waals surface area (Å²) >= 11 is 1.81. The molecule has 0 fully saturated rings. The Bertz CT molecular complexity index is 795. The third-order valence-electron chi connectivity index (χ3n) is 4.35. The zero-order valence-electron chi connectivity index (χ0n) is 15.2. The molecule has 154 valence electrons. The Kier molecular flexibility index (Phi) is 7.96. The van der Waals surface area contributed by atoms with E-state index in [4.69, 9.17) is 5.73 Å². The molecule has 2 aromatic rings. The number of aliphatic imine (C=N–C) groups is 1. The molecule has 3 N–H and O–H groups in total. The van der Waals surface area contributed by atoms with E-state index < -0.39 is 6.36 Å². The number of nitrogens with two attached hydrogens (primary N) is 1. The lowest BCUT2D eigenvalue weighted by atomic mass is 10.1. The summed E-state index contributed by atoms with van der Waals surface area (Å²) in [4.78, 5) is 8.18. The molecule has 0 amide bonds. The van der Waals surface area contributed by atoms with Crippen LogP contribution in [-0.2, 0) is 13.0 Å². The SMILES string of the molecule is CC(CN=C(N)Nc1ccc(OC(F)(F)F)cc1)N1CCc2sccc2C1.I. The number of guanidine groups is 1. The maximum atomic E-state index is 12.2. The molecule has 5 nitrogen and oxygen atoms in total. The number of ether oxygens (including phenoxy) is 1. The van der Waals surface area contributed by atoms with Crippen molar-refractivity contribution < 1.29 is 17.9 Å². The minimum atomic E-state index is -4.70. The van der Waals surface area contributed by atoms with Gasteiger partial charge in [-0.25, -0.2) is 0 Å². The van der Waals surface area contributed by atoms with Crippen LogP contribution in [0.5, 0.6) is 5.75 Å². The second-order valence-corrected chi connectivity index (χ2v) is 7.36. The van der Waals surface area contributed by atoms with E-state index in [9.17, 15) is 13.2 Å². The number of fused-ring (bicyclic) bond motifs is 1. The predicted octanol–water partition coefficient (Wildman–Crippen LogP) is 4.44. The van der Waals surface area contributed by atoms with E-state index in [0.717, 1.165) is 19.5 Å². The van der Waals surface area contributed by atoms with E-state index in [0.29, 0.717) is 12.2 Å². The number of rotatable bonds is 5. The van der Waals surface area contributed by atoms with Gasteiger partial charge in [0.15, 0.2) is 5.96 Å². The molecule has 2 heterocycles. The van der Waals surface area contributed by atoms with Crippen molar-refractivity contribution in [2.75, 3.05) is 18.4 Å². The first-order valence-electron chi connectivity index (χ1n) is 8.52. The minimum Gasteiger partial charge on any atom is -0.406 e. The molecule has 1 atom stereocenters. The van der Waals surface area contributed by atoms with Gasteiger partial charge in [-0.3, -0.25) is 9.89 Å². The van der Waals surface area contributed by atoms with Crippen LogP contribution in [0, 0.1) is 0 Å². The van der Waals surface area contributed by atoms with E-state index in [-0.39, 0.29) is 41.7 Å². The number of benzene rings is 1. The van der Waals surface area contributed by atoms with E-state index >= 15 is 0 Å². The molecule has 1 aromatic heterocycles. The number of nitrogens with zero attached hydrogens (tertiary/aromatic N) is 2. The van der Waals surface area contributed by atoms with Gasteiger partial charge in [0.2, 0.25) is 0 Å². The van der Waals surface area contributed by atoms with Gasteiger partial charge in [0, 0.05) is 29.7 Å². The average molecular weight is 526 g/mol. The standard InChI is InChI=1S/C18H21F3N4OS.HI/c1-12(25-8-6-16-13(11-25)7-9-27-16)10-23-17(22)24-14-2-4-15(5-3-14)26-18(19,20)21;/h2-5,7,9,12H,6,8,10-11H2,1H3,(H3,22,23,24);1H. The summed E-state index contributed by atoms with van der Waals surface area (Å²) in [5.41, 5.74) is 7.82. The number of hydrogen-bond acceptors (Lipinski definition) is 4. The summed E-state index contributed by atoms with van der Waals surface area (Å²) in [6, 6.07) is 7.76. The molecule has 1 aromatic carbocycles. The summed E-state index contributed by atoms with van der Waals surface area (Å²) < 4.78 is 40.3. The van der Waals surface area contributed by atoms with Gasteiger partial charge in [0.1, 0.15) is 5.75 Å². The summed E-state index contributed by atoms with van der Waals surface area (Å²) in [5, 5.41) is 5.00. The first-order valence-corrected chi connectivity index (χ1v) is 9.40. The lowest BCUT2D eigenvalue weighted by Gasteiger charge is -2.31. The van der Waals surface area contributed by atoms with Crippen LogP contribution in [-0.4, -0.2) is 36.4 Å². The molecule has 0 radical (unpaired) electrons. The third kappa shape index (κ3) is 6.52. The van der Waals surface area contributed by atoms with Gasteiger partial charge in [-0.2, -0.15) is 0 Å². The van der Waals surface area contributed by atoms with Crippen molar-refractivity contribution in [2.24, 2.45) is 10.7 Å². The highest BCUT2D eigenvalue weighted by atomic mass is 127. The maximum Gasteiger partial charge on any atom is 0.573 e. The highest BCUT2D eigenvalue weighted by Gasteiger charge is 2.31. The van der Waals surface area contributed by atoms with Gasteiger partial charge in [0.25, 0.3) is 0 Å². The molecule has 0 bridgehead atoms. The summed E-state index contributed by atoms with van der Waals surface area (Å²) in [6.07, 6.45) is -3.65. The highest BCUT2D eigenvalue weighted by Crippen LogP contribution is 2.25. The maximum absolute atomic E-state index is 12.2. The quantitative estimate of drug-likeness (QED) is 0.344. The Labute approximate surface area is 182 Å². The zero-order chi connectivity index (χ0) is 19.4. The number of thiophene rings is 1.